The molecule has 7 heteroatoms. The van der Waals surface area contributed by atoms with E-state index in [4.69, 9.17) is 23.2 Å². The molecule has 27 heavy (non-hydrogen) atoms. The average molecular weight is 406 g/mol. The van der Waals surface area contributed by atoms with Gasteiger partial charge in [-0.15, -0.1) is 0 Å². The highest BCUT2D eigenvalue weighted by atomic mass is 35.5. The largest absolute Gasteiger partial charge is 0.338 e. The van der Waals surface area contributed by atoms with Crippen LogP contribution in [0.3, 0.4) is 0 Å². The highest BCUT2D eigenvalue weighted by molar-refractivity contribution is 6.41. The fraction of sp³-hybridized carbons (Fsp3) is 0.450. The second kappa shape index (κ2) is 7.64. The lowest BCUT2D eigenvalue weighted by molar-refractivity contribution is 0.0521. The van der Waals surface area contributed by atoms with Crippen LogP contribution in [0.25, 0.3) is 5.69 Å². The maximum atomic E-state index is 12.9. The summed E-state index contributed by atoms with van der Waals surface area (Å²) < 4.78 is 1.18. The predicted octanol–water partition coefficient (Wildman–Crippen LogP) is 4.19. The van der Waals surface area contributed by atoms with Gasteiger partial charge in [0.25, 0.3) is 11.5 Å². The van der Waals surface area contributed by atoms with Gasteiger partial charge in [-0.1, -0.05) is 42.5 Å². The van der Waals surface area contributed by atoms with Crippen molar-refractivity contribution in [2.24, 2.45) is 11.8 Å². The minimum Gasteiger partial charge on any atom is -0.338 e. The van der Waals surface area contributed by atoms with Crippen molar-refractivity contribution in [2.45, 2.75) is 32.1 Å². The van der Waals surface area contributed by atoms with Crippen molar-refractivity contribution in [1.82, 2.24) is 14.7 Å². The van der Waals surface area contributed by atoms with E-state index in [9.17, 15) is 9.59 Å². The summed E-state index contributed by atoms with van der Waals surface area (Å²) in [4.78, 5) is 27.1. The van der Waals surface area contributed by atoms with Crippen LogP contribution in [-0.4, -0.2) is 33.7 Å². The number of halogens is 2. The first-order chi connectivity index (χ1) is 13.0. The molecule has 1 aliphatic heterocycles. The zero-order valence-corrected chi connectivity index (χ0v) is 16.4. The van der Waals surface area contributed by atoms with E-state index in [1.807, 2.05) is 4.90 Å². The Labute approximate surface area is 167 Å². The predicted molar refractivity (Wildman–Crippen MR) is 106 cm³/mol. The SMILES string of the molecule is O=C(c1ccc(-n2ncc(Cl)c(Cl)c2=O)cc1)N1CC[C@H]2CCCC[C@H]2C1. The van der Waals surface area contributed by atoms with Crippen molar-refractivity contribution in [2.75, 3.05) is 13.1 Å². The number of carbonyl (C=O) groups is 1. The van der Waals surface area contributed by atoms with Crippen molar-refractivity contribution in [1.29, 1.82) is 0 Å². The highest BCUT2D eigenvalue weighted by Gasteiger charge is 2.33. The molecule has 0 N–H and O–H groups in total. The monoisotopic (exact) mass is 405 g/mol. The number of aromatic nitrogens is 2. The lowest BCUT2D eigenvalue weighted by Crippen LogP contribution is -2.44. The van der Waals surface area contributed by atoms with E-state index in [-0.39, 0.29) is 16.0 Å². The summed E-state index contributed by atoms with van der Waals surface area (Å²) in [7, 11) is 0. The van der Waals surface area contributed by atoms with Gasteiger partial charge in [0.05, 0.1) is 16.9 Å². The quantitative estimate of drug-likeness (QED) is 0.752. The van der Waals surface area contributed by atoms with Gasteiger partial charge in [-0.25, -0.2) is 0 Å². The summed E-state index contributed by atoms with van der Waals surface area (Å²) in [6, 6.07) is 6.89. The Hall–Kier alpha value is -1.85. The second-order valence-electron chi connectivity index (χ2n) is 7.41. The Balaban J connectivity index is 1.51. The van der Waals surface area contributed by atoms with Crippen LogP contribution in [0, 0.1) is 11.8 Å². The molecule has 2 aromatic rings. The second-order valence-corrected chi connectivity index (χ2v) is 8.20. The summed E-state index contributed by atoms with van der Waals surface area (Å²) in [5, 5.41) is 4.06. The summed E-state index contributed by atoms with van der Waals surface area (Å²) >= 11 is 11.7. The van der Waals surface area contributed by atoms with E-state index in [1.54, 1.807) is 24.3 Å². The van der Waals surface area contributed by atoms with Crippen molar-refractivity contribution >= 4 is 29.1 Å². The number of fused-ring (bicyclic) bond motifs is 1. The number of benzene rings is 1. The Kier molecular flexibility index (Phi) is 5.24. The molecule has 5 nitrogen and oxygen atoms in total. The fourth-order valence-electron chi connectivity index (χ4n) is 4.31. The smallest absolute Gasteiger partial charge is 0.291 e. The molecule has 4 rings (SSSR count). The zero-order valence-electron chi connectivity index (χ0n) is 14.9. The third kappa shape index (κ3) is 3.63. The summed E-state index contributed by atoms with van der Waals surface area (Å²) in [6.07, 6.45) is 7.60. The summed E-state index contributed by atoms with van der Waals surface area (Å²) in [5.41, 5.74) is 0.685. The van der Waals surface area contributed by atoms with Gasteiger partial charge < -0.3 is 4.90 Å². The van der Waals surface area contributed by atoms with E-state index >= 15 is 0 Å². The van der Waals surface area contributed by atoms with Gasteiger partial charge in [0, 0.05) is 18.7 Å². The van der Waals surface area contributed by atoms with E-state index < -0.39 is 5.56 Å². The molecule has 0 radical (unpaired) electrons. The molecule has 1 aliphatic carbocycles. The van der Waals surface area contributed by atoms with Crippen LogP contribution >= 0.6 is 23.2 Å². The van der Waals surface area contributed by atoms with Crippen LogP contribution < -0.4 is 5.56 Å². The lowest BCUT2D eigenvalue weighted by atomic mass is 9.75. The summed E-state index contributed by atoms with van der Waals surface area (Å²) in [5.74, 6) is 1.49. The molecule has 1 amide bonds. The van der Waals surface area contributed by atoms with E-state index in [2.05, 4.69) is 5.10 Å². The Morgan fingerprint density at radius 1 is 1.04 bits per heavy atom. The van der Waals surface area contributed by atoms with Crippen molar-refractivity contribution in [3.05, 3.63) is 56.4 Å². The number of nitrogens with zero attached hydrogens (tertiary/aromatic N) is 3. The Bertz CT molecular complexity index is 910. The van der Waals surface area contributed by atoms with Gasteiger partial charge in [-0.05, 0) is 48.9 Å². The molecule has 2 atom stereocenters. The van der Waals surface area contributed by atoms with Crippen molar-refractivity contribution in [3.8, 4) is 5.69 Å². The molecule has 1 aromatic carbocycles. The van der Waals surface area contributed by atoms with E-state index in [0.29, 0.717) is 17.2 Å². The number of carbonyl (C=O) groups excluding carboxylic acids is 1. The molecule has 142 valence electrons. The lowest BCUT2D eigenvalue weighted by Gasteiger charge is -2.41. The minimum atomic E-state index is -0.484. The zero-order chi connectivity index (χ0) is 19.0. The van der Waals surface area contributed by atoms with Crippen LogP contribution in [0.4, 0.5) is 0 Å². The van der Waals surface area contributed by atoms with Crippen molar-refractivity contribution < 1.29 is 4.79 Å². The molecule has 1 saturated carbocycles. The molecule has 2 aliphatic rings. The molecule has 1 saturated heterocycles. The van der Waals surface area contributed by atoms with Gasteiger partial charge in [-0.3, -0.25) is 9.59 Å². The van der Waals surface area contributed by atoms with Gasteiger partial charge in [0.15, 0.2) is 0 Å². The highest BCUT2D eigenvalue weighted by Crippen LogP contribution is 2.36. The number of likely N-dealkylation sites (tertiary alicyclic amines) is 1. The normalized spacial score (nSPS) is 22.4. The molecule has 2 heterocycles. The van der Waals surface area contributed by atoms with E-state index in [0.717, 1.165) is 25.4 Å². The van der Waals surface area contributed by atoms with Crippen LogP contribution in [0.5, 0.6) is 0 Å². The van der Waals surface area contributed by atoms with E-state index in [1.165, 1.54) is 36.6 Å². The first kappa shape index (κ1) is 18.5. The molecular formula is C20H21Cl2N3O2. The molecule has 0 spiro atoms. The third-order valence-electron chi connectivity index (χ3n) is 5.81. The maximum Gasteiger partial charge on any atom is 0.291 e. The van der Waals surface area contributed by atoms with Crippen LogP contribution in [0.15, 0.2) is 35.3 Å². The first-order valence-corrected chi connectivity index (χ1v) is 10.1. The Morgan fingerprint density at radius 3 is 2.48 bits per heavy atom. The summed E-state index contributed by atoms with van der Waals surface area (Å²) in [6.45, 7) is 1.69. The van der Waals surface area contributed by atoms with Gasteiger partial charge in [0.1, 0.15) is 5.02 Å². The first-order valence-electron chi connectivity index (χ1n) is 9.37. The number of piperidine rings is 1. The molecule has 0 bridgehead atoms. The number of rotatable bonds is 2. The molecule has 2 fully saturated rings. The maximum absolute atomic E-state index is 12.9. The van der Waals surface area contributed by atoms with Crippen LogP contribution in [0.2, 0.25) is 10.0 Å². The van der Waals surface area contributed by atoms with Crippen molar-refractivity contribution in [3.63, 3.8) is 0 Å². The molecule has 1 aromatic heterocycles. The van der Waals surface area contributed by atoms with Gasteiger partial charge in [-0.2, -0.15) is 9.78 Å². The standard InChI is InChI=1S/C20H21Cl2N3O2/c21-17-11-23-25(20(27)18(17)22)16-7-5-14(6-8-16)19(26)24-10-9-13-3-1-2-4-15(13)12-24/h5-8,11,13,15H,1-4,9-10,12H2/t13-,15+/m1/s1. The molecular weight excluding hydrogens is 385 g/mol. The topological polar surface area (TPSA) is 55.2 Å². The Morgan fingerprint density at radius 2 is 1.74 bits per heavy atom. The van der Waals surface area contributed by atoms with Crippen LogP contribution in [0.1, 0.15) is 42.5 Å². The van der Waals surface area contributed by atoms with Gasteiger partial charge >= 0.3 is 0 Å². The minimum absolute atomic E-state index is 0.0556. The van der Waals surface area contributed by atoms with Gasteiger partial charge in [0.2, 0.25) is 0 Å². The fourth-order valence-corrected chi connectivity index (χ4v) is 4.56. The number of amides is 1. The number of hydrogen-bond acceptors (Lipinski definition) is 3. The number of hydrogen-bond donors (Lipinski definition) is 0. The third-order valence-corrected chi connectivity index (χ3v) is 6.56. The van der Waals surface area contributed by atoms with Crippen LogP contribution in [-0.2, 0) is 0 Å². The molecule has 0 unspecified atom stereocenters. The average Bonchev–Trinajstić information content (AvgIpc) is 2.71.